The van der Waals surface area contributed by atoms with Crippen molar-refractivity contribution in [3.8, 4) is 0 Å². The molecule has 0 aliphatic rings. The van der Waals surface area contributed by atoms with Crippen LogP contribution in [0.4, 0.5) is 0 Å². The Labute approximate surface area is 68.8 Å². The van der Waals surface area contributed by atoms with E-state index in [1.165, 1.54) is 0 Å². The van der Waals surface area contributed by atoms with E-state index in [1.54, 1.807) is 0 Å². The first-order valence-corrected chi connectivity index (χ1v) is 16.4. The topological polar surface area (TPSA) is 70.0 Å². The van der Waals surface area contributed by atoms with Crippen LogP contribution in [0.3, 0.4) is 0 Å². The minimum atomic E-state index is -4.29. The van der Waals surface area contributed by atoms with Crippen LogP contribution in [-0.2, 0) is 8.83 Å². The van der Waals surface area contributed by atoms with Crippen LogP contribution >= 0.6 is 48.2 Å². The second-order valence-electron chi connectivity index (χ2n) is 0.505. The third-order valence-electron chi connectivity index (χ3n) is 0. The first kappa shape index (κ1) is 16.5. The van der Waals surface area contributed by atoms with E-state index in [4.69, 9.17) is 48.2 Å². The first-order valence-electron chi connectivity index (χ1n) is 0.668. The van der Waals surface area contributed by atoms with E-state index in [-0.39, 0.29) is 12.3 Å². The average molecular weight is 402 g/mol. The first-order chi connectivity index (χ1) is 2.24. The summed E-state index contributed by atoms with van der Waals surface area (Å²) in [4.78, 5) is 0. The molecule has 0 bridgehead atoms. The molecule has 8 heavy (non-hydrogen) atoms. The molecule has 0 fully saturated rings. The molecule has 0 amide bonds. The molecule has 0 aromatic carbocycles. The van der Waals surface area contributed by atoms with Crippen molar-refractivity contribution in [2.24, 2.45) is 0 Å². The van der Waals surface area contributed by atoms with Gasteiger partial charge in [-0.3, -0.25) is 0 Å². The summed E-state index contributed by atoms with van der Waals surface area (Å²) in [5, 5.41) is 0. The second-order valence-corrected chi connectivity index (χ2v) is 37.2. The molecular weight excluding hydrogens is 396 g/mol. The average Bonchev–Trinajstić information content (AvgIpc) is 0.650. The molecule has 0 saturated carbocycles. The van der Waals surface area contributed by atoms with Gasteiger partial charge in [0.15, 0.2) is 0 Å². The molecule has 0 heterocycles. The normalized spacial score (nSPS) is 14.4. The van der Waals surface area contributed by atoms with Crippen molar-refractivity contribution in [1.29, 1.82) is 0 Å². The van der Waals surface area contributed by atoms with E-state index in [2.05, 4.69) is 0 Å². The summed E-state index contributed by atoms with van der Waals surface area (Å²) in [7, 11) is 20.9. The van der Waals surface area contributed by atoms with Gasteiger partial charge in [-0.25, -0.2) is 0 Å². The summed E-state index contributed by atoms with van der Waals surface area (Å²) >= 11 is 0. The molecule has 0 atom stereocenters. The van der Waals surface area contributed by atoms with Crippen molar-refractivity contribution >= 4 is 48.2 Å². The number of rotatable bonds is 0. The van der Waals surface area contributed by atoms with E-state index in [0.717, 1.165) is 0 Å². The number of hydrogen-bond donors (Lipinski definition) is 2. The van der Waals surface area contributed by atoms with Gasteiger partial charge >= 0.3 is 57.0 Å². The van der Waals surface area contributed by atoms with E-state index in [9.17, 15) is 0 Å². The third kappa shape index (κ3) is 97.6. The molecule has 0 aliphatic carbocycles. The van der Waals surface area contributed by atoms with Crippen molar-refractivity contribution in [2.45, 2.75) is 0 Å². The van der Waals surface area contributed by atoms with Crippen LogP contribution in [0.25, 0.3) is 0 Å². The van der Waals surface area contributed by atoms with Crippen LogP contribution in [-0.4, -0.2) is 0 Å². The summed E-state index contributed by atoms with van der Waals surface area (Å²) < 4.78 is 0. The van der Waals surface area contributed by atoms with Gasteiger partial charge in [0.25, 0.3) is 0 Å². The molecule has 0 radical (unpaired) electrons. The second kappa shape index (κ2) is 4.00. The summed E-state index contributed by atoms with van der Waals surface area (Å²) in [6.07, 6.45) is 0. The zero-order chi connectivity index (χ0) is 5.45. The Morgan fingerprint density at radius 1 is 0.625 bits per heavy atom. The van der Waals surface area contributed by atoms with E-state index >= 15 is 0 Å². The Morgan fingerprint density at radius 3 is 0.625 bits per heavy atom. The van der Waals surface area contributed by atoms with Gasteiger partial charge in [0, 0.05) is 0 Å². The van der Waals surface area contributed by atoms with Gasteiger partial charge in [-0.05, 0) is 0 Å². The van der Waals surface area contributed by atoms with Gasteiger partial charge in [0.1, 0.15) is 0 Å². The molecule has 0 spiro atoms. The Balaban J connectivity index is -0.000000125. The zero-order valence-electron chi connectivity index (χ0n) is 3.66. The van der Waals surface area contributed by atoms with Gasteiger partial charge in [-0.2, -0.15) is 0 Å². The zero-order valence-corrected chi connectivity index (χ0v) is 9.98. The Hall–Kier alpha value is 2.01. The van der Waals surface area contributed by atoms with E-state index in [0.29, 0.717) is 0 Å². The molecule has 0 rings (SSSR count). The molecule has 0 unspecified atom stereocenters. The molecule has 0 aromatic rings. The Morgan fingerprint density at radius 2 is 0.625 bits per heavy atom. The summed E-state index contributed by atoms with van der Waals surface area (Å²) in [6.45, 7) is 0. The van der Waals surface area contributed by atoms with Crippen LogP contribution in [0.2, 0.25) is 0 Å². The van der Waals surface area contributed by atoms with Crippen LogP contribution in [0.1, 0.15) is 0 Å². The van der Waals surface area contributed by atoms with E-state index in [1.807, 2.05) is 0 Å². The summed E-state index contributed by atoms with van der Waals surface area (Å²) in [5.41, 5.74) is 0. The Bertz CT molecular complexity index is 43.6. The molecule has 0 aliphatic heterocycles. The van der Waals surface area contributed by atoms with Crippen molar-refractivity contribution < 1.29 is 8.83 Å². The predicted molar refractivity (Wildman–Crippen MR) is 39.3 cm³/mol. The standard InChI is InChI=1S/5ClH.2H3N.Os/h5*1H;2*1H3;/q;;;;;;;+5/p-5. The monoisotopic (exact) mass is 401 g/mol. The molecule has 0 saturated heterocycles. The molecule has 59 valence electrons. The van der Waals surface area contributed by atoms with E-state index < -0.39 is 8.83 Å². The van der Waals surface area contributed by atoms with Crippen LogP contribution in [0, 0.1) is 0 Å². The maximum atomic E-state index is 5.04. The minimum absolute atomic E-state index is 0. The van der Waals surface area contributed by atoms with Gasteiger partial charge in [-0.15, -0.1) is 0 Å². The van der Waals surface area contributed by atoms with Crippen LogP contribution in [0.15, 0.2) is 0 Å². The van der Waals surface area contributed by atoms with Gasteiger partial charge in [0.05, 0.1) is 0 Å². The van der Waals surface area contributed by atoms with Crippen molar-refractivity contribution in [3.63, 3.8) is 0 Å². The fourth-order valence-corrected chi connectivity index (χ4v) is 0. The summed E-state index contributed by atoms with van der Waals surface area (Å²) in [5.74, 6) is 0. The fraction of sp³-hybridized carbons (Fsp3) is 0. The molecule has 2 nitrogen and oxygen atoms in total. The van der Waals surface area contributed by atoms with Crippen molar-refractivity contribution in [3.05, 3.63) is 0 Å². The SMILES string of the molecule is N.N.[Cl][Os]([Cl])([Cl])([Cl])[Cl]. The molecule has 0 aromatic heterocycles. The summed E-state index contributed by atoms with van der Waals surface area (Å²) in [6, 6.07) is 0. The maximum absolute atomic E-state index is 5.04. The third-order valence-corrected chi connectivity index (χ3v) is 0. The van der Waals surface area contributed by atoms with Gasteiger partial charge in [-0.1, -0.05) is 0 Å². The predicted octanol–water partition coefficient (Wildman–Crippen LogP) is 3.77. The van der Waals surface area contributed by atoms with Gasteiger partial charge in [0.2, 0.25) is 0 Å². The van der Waals surface area contributed by atoms with Crippen LogP contribution in [0.5, 0.6) is 0 Å². The van der Waals surface area contributed by atoms with Crippen molar-refractivity contribution in [1.82, 2.24) is 12.3 Å². The molecule has 6 N–H and O–H groups in total. The number of halogens is 5. The van der Waals surface area contributed by atoms with Crippen molar-refractivity contribution in [2.75, 3.05) is 0 Å². The molecule has 8 heteroatoms. The van der Waals surface area contributed by atoms with Gasteiger partial charge < -0.3 is 12.3 Å². The Kier molecular flexibility index (Phi) is 8.28. The van der Waals surface area contributed by atoms with Crippen LogP contribution < -0.4 is 12.3 Å². The quantitative estimate of drug-likeness (QED) is 0.649. The number of hydrogen-bond acceptors (Lipinski definition) is 2. The fourth-order valence-electron chi connectivity index (χ4n) is 0. The molecular formula is H6Cl5N2Os.